The second kappa shape index (κ2) is 9.40. The minimum atomic E-state index is -3.74. The van der Waals surface area contributed by atoms with E-state index in [1.807, 2.05) is 4.90 Å². The minimum absolute atomic E-state index is 0.0134. The van der Waals surface area contributed by atoms with Gasteiger partial charge in [-0.25, -0.2) is 17.5 Å². The van der Waals surface area contributed by atoms with Crippen molar-refractivity contribution >= 4 is 27.5 Å². The van der Waals surface area contributed by atoms with Crippen molar-refractivity contribution in [2.45, 2.75) is 17.7 Å². The standard InChI is InChI=1S/C23H26N2O7S/c1-24(2)33(28,29)17-6-7-19(25-9-3-4-10-25)18(14-17)23(27)32-15-20(26)16-5-8-21-22(13-16)31-12-11-30-21/h5-8,13-14H,3-4,9-12,15H2,1-2H3. The first-order chi connectivity index (χ1) is 15.8. The minimum Gasteiger partial charge on any atom is -0.486 e. The Labute approximate surface area is 192 Å². The number of anilines is 1. The zero-order valence-corrected chi connectivity index (χ0v) is 19.4. The molecule has 0 aromatic heterocycles. The largest absolute Gasteiger partial charge is 0.486 e. The Bertz CT molecular complexity index is 1170. The zero-order valence-electron chi connectivity index (χ0n) is 18.6. The molecule has 2 aliphatic heterocycles. The maximum atomic E-state index is 13.0. The molecule has 2 aromatic rings. The molecule has 0 amide bonds. The number of nitrogens with zero attached hydrogens (tertiary/aromatic N) is 2. The molecule has 2 aliphatic rings. The molecule has 0 N–H and O–H groups in total. The number of hydrogen-bond acceptors (Lipinski definition) is 8. The Morgan fingerprint density at radius 2 is 1.70 bits per heavy atom. The van der Waals surface area contributed by atoms with Crippen LogP contribution in [0.1, 0.15) is 33.6 Å². The summed E-state index contributed by atoms with van der Waals surface area (Å²) in [5.74, 6) is -0.126. The van der Waals surface area contributed by atoms with Crippen molar-refractivity contribution in [2.24, 2.45) is 0 Å². The predicted octanol–water partition coefficient (Wildman–Crippen LogP) is 2.35. The number of ether oxygens (including phenoxy) is 3. The molecule has 33 heavy (non-hydrogen) atoms. The second-order valence-electron chi connectivity index (χ2n) is 8.02. The topological polar surface area (TPSA) is 102 Å². The average Bonchev–Trinajstić information content (AvgIpc) is 3.36. The number of carbonyl (C=O) groups is 2. The third-order valence-electron chi connectivity index (χ3n) is 5.61. The molecule has 0 bridgehead atoms. The third kappa shape index (κ3) is 4.81. The van der Waals surface area contributed by atoms with Crippen LogP contribution in [-0.4, -0.2) is 71.5 Å². The van der Waals surface area contributed by atoms with Crippen LogP contribution in [0.25, 0.3) is 0 Å². The Hall–Kier alpha value is -3.11. The van der Waals surface area contributed by atoms with Crippen molar-refractivity contribution < 1.29 is 32.2 Å². The van der Waals surface area contributed by atoms with E-state index in [-0.39, 0.29) is 10.5 Å². The van der Waals surface area contributed by atoms with Gasteiger partial charge in [-0.3, -0.25) is 4.79 Å². The lowest BCUT2D eigenvalue weighted by Gasteiger charge is -2.22. The highest BCUT2D eigenvalue weighted by molar-refractivity contribution is 7.89. The highest BCUT2D eigenvalue weighted by Crippen LogP contribution is 2.31. The lowest BCUT2D eigenvalue weighted by molar-refractivity contribution is 0.0475. The average molecular weight is 475 g/mol. The highest BCUT2D eigenvalue weighted by Gasteiger charge is 2.26. The summed E-state index contributed by atoms with van der Waals surface area (Å²) in [6.45, 7) is 1.87. The predicted molar refractivity (Wildman–Crippen MR) is 121 cm³/mol. The van der Waals surface area contributed by atoms with Crippen molar-refractivity contribution in [2.75, 3.05) is 51.9 Å². The molecule has 0 radical (unpaired) electrons. The van der Waals surface area contributed by atoms with E-state index in [9.17, 15) is 18.0 Å². The normalized spacial score (nSPS) is 15.5. The molecule has 2 heterocycles. The van der Waals surface area contributed by atoms with Crippen LogP contribution >= 0.6 is 0 Å². The summed E-state index contributed by atoms with van der Waals surface area (Å²) in [6, 6.07) is 9.22. The number of ketones is 1. The summed E-state index contributed by atoms with van der Waals surface area (Å²) in [7, 11) is -0.893. The molecular weight excluding hydrogens is 448 g/mol. The number of hydrogen-bond donors (Lipinski definition) is 0. The Kier molecular flexibility index (Phi) is 6.57. The van der Waals surface area contributed by atoms with E-state index >= 15 is 0 Å². The lowest BCUT2D eigenvalue weighted by atomic mass is 10.1. The van der Waals surface area contributed by atoms with Crippen LogP contribution in [0.5, 0.6) is 11.5 Å². The molecule has 0 aliphatic carbocycles. The molecule has 10 heteroatoms. The monoisotopic (exact) mass is 474 g/mol. The van der Waals surface area contributed by atoms with Crippen molar-refractivity contribution in [1.82, 2.24) is 4.31 Å². The number of sulfonamides is 1. The first kappa shape index (κ1) is 23.1. The molecule has 9 nitrogen and oxygen atoms in total. The molecule has 1 fully saturated rings. The van der Waals surface area contributed by atoms with Crippen molar-refractivity contribution in [3.63, 3.8) is 0 Å². The van der Waals surface area contributed by atoms with E-state index in [4.69, 9.17) is 14.2 Å². The number of benzene rings is 2. The Morgan fingerprint density at radius 3 is 2.39 bits per heavy atom. The molecule has 4 rings (SSSR count). The van der Waals surface area contributed by atoms with Gasteiger partial charge in [0, 0.05) is 32.7 Å². The number of fused-ring (bicyclic) bond motifs is 1. The van der Waals surface area contributed by atoms with Crippen LogP contribution in [0.2, 0.25) is 0 Å². The first-order valence-corrected chi connectivity index (χ1v) is 12.1. The quantitative estimate of drug-likeness (QED) is 0.445. The number of rotatable bonds is 7. The molecule has 0 saturated carbocycles. The summed E-state index contributed by atoms with van der Waals surface area (Å²) >= 11 is 0. The smallest absolute Gasteiger partial charge is 0.340 e. The third-order valence-corrected chi connectivity index (χ3v) is 7.42. The van der Waals surface area contributed by atoms with Gasteiger partial charge in [0.05, 0.1) is 16.1 Å². The van der Waals surface area contributed by atoms with Crippen LogP contribution in [0.4, 0.5) is 5.69 Å². The molecular formula is C23H26N2O7S. The van der Waals surface area contributed by atoms with Gasteiger partial charge in [0.2, 0.25) is 10.0 Å². The summed E-state index contributed by atoms with van der Waals surface area (Å²) < 4.78 is 42.5. The van der Waals surface area contributed by atoms with Gasteiger partial charge in [-0.15, -0.1) is 0 Å². The van der Waals surface area contributed by atoms with Gasteiger partial charge in [-0.1, -0.05) is 0 Å². The van der Waals surface area contributed by atoms with Gasteiger partial charge in [-0.05, 0) is 49.2 Å². The van der Waals surface area contributed by atoms with E-state index < -0.39 is 28.4 Å². The molecule has 0 unspecified atom stereocenters. The number of esters is 1. The molecule has 0 spiro atoms. The zero-order chi connectivity index (χ0) is 23.6. The van der Waals surface area contributed by atoms with E-state index in [1.165, 1.54) is 26.2 Å². The highest BCUT2D eigenvalue weighted by atomic mass is 32.2. The van der Waals surface area contributed by atoms with Crippen LogP contribution in [-0.2, 0) is 14.8 Å². The van der Waals surface area contributed by atoms with E-state index in [0.29, 0.717) is 36.0 Å². The second-order valence-corrected chi connectivity index (χ2v) is 10.2. The van der Waals surface area contributed by atoms with Crippen LogP contribution in [0, 0.1) is 0 Å². The van der Waals surface area contributed by atoms with Gasteiger partial charge in [0.1, 0.15) is 13.2 Å². The first-order valence-electron chi connectivity index (χ1n) is 10.7. The maximum absolute atomic E-state index is 13.0. The number of Topliss-reactive ketones (excluding diaryl/α,β-unsaturated/α-hetero) is 1. The fourth-order valence-corrected chi connectivity index (χ4v) is 4.72. The van der Waals surface area contributed by atoms with Crippen molar-refractivity contribution in [1.29, 1.82) is 0 Å². The Morgan fingerprint density at radius 1 is 1.00 bits per heavy atom. The van der Waals surface area contributed by atoms with Crippen molar-refractivity contribution in [3.05, 3.63) is 47.5 Å². The lowest BCUT2D eigenvalue weighted by Crippen LogP contribution is -2.25. The number of carbonyl (C=O) groups excluding carboxylic acids is 2. The van der Waals surface area contributed by atoms with Crippen LogP contribution in [0.3, 0.4) is 0 Å². The van der Waals surface area contributed by atoms with E-state index in [0.717, 1.165) is 30.2 Å². The van der Waals surface area contributed by atoms with Crippen LogP contribution in [0.15, 0.2) is 41.3 Å². The molecule has 176 valence electrons. The maximum Gasteiger partial charge on any atom is 0.340 e. The van der Waals surface area contributed by atoms with E-state index in [1.54, 1.807) is 24.3 Å². The molecule has 1 saturated heterocycles. The Balaban J connectivity index is 1.55. The van der Waals surface area contributed by atoms with Gasteiger partial charge in [0.15, 0.2) is 23.9 Å². The van der Waals surface area contributed by atoms with Gasteiger partial charge >= 0.3 is 5.97 Å². The fourth-order valence-electron chi connectivity index (χ4n) is 3.79. The molecule has 2 aromatic carbocycles. The van der Waals surface area contributed by atoms with Crippen LogP contribution < -0.4 is 14.4 Å². The van der Waals surface area contributed by atoms with Gasteiger partial charge in [0.25, 0.3) is 0 Å². The summed E-state index contributed by atoms with van der Waals surface area (Å²) in [6.07, 6.45) is 1.96. The molecule has 0 atom stereocenters. The summed E-state index contributed by atoms with van der Waals surface area (Å²) in [5.41, 5.74) is 1.05. The van der Waals surface area contributed by atoms with E-state index in [2.05, 4.69) is 0 Å². The van der Waals surface area contributed by atoms with Gasteiger partial charge < -0.3 is 19.1 Å². The summed E-state index contributed by atoms with van der Waals surface area (Å²) in [4.78, 5) is 27.6. The van der Waals surface area contributed by atoms with Gasteiger partial charge in [-0.2, -0.15) is 0 Å². The fraction of sp³-hybridized carbons (Fsp3) is 0.391. The van der Waals surface area contributed by atoms with Crippen molar-refractivity contribution in [3.8, 4) is 11.5 Å². The SMILES string of the molecule is CN(C)S(=O)(=O)c1ccc(N2CCCC2)c(C(=O)OCC(=O)c2ccc3c(c2)OCCO3)c1. The summed E-state index contributed by atoms with van der Waals surface area (Å²) in [5, 5.41) is 0.